The zero-order valence-electron chi connectivity index (χ0n) is 18.0. The maximum Gasteiger partial charge on any atom is 0.414 e. The van der Waals surface area contributed by atoms with Crippen LogP contribution in [0.1, 0.15) is 15.9 Å². The van der Waals surface area contributed by atoms with Crippen molar-refractivity contribution >= 4 is 28.6 Å². The highest BCUT2D eigenvalue weighted by molar-refractivity contribution is 5.97. The highest BCUT2D eigenvalue weighted by atomic mass is 16.6. The normalized spacial score (nSPS) is 15.6. The Labute approximate surface area is 191 Å². The first kappa shape index (κ1) is 20.8. The van der Waals surface area contributed by atoms with E-state index in [4.69, 9.17) is 10.5 Å². The van der Waals surface area contributed by atoms with Crippen molar-refractivity contribution in [3.05, 3.63) is 90.1 Å². The molecule has 0 saturated carbocycles. The summed E-state index contributed by atoms with van der Waals surface area (Å²) in [5.74, 6) is -0.108. The molecule has 1 fully saturated rings. The van der Waals surface area contributed by atoms with Crippen molar-refractivity contribution in [2.24, 2.45) is 5.73 Å². The topological polar surface area (TPSA) is 100 Å². The van der Waals surface area contributed by atoms with Gasteiger partial charge in [-0.1, -0.05) is 42.5 Å². The summed E-state index contributed by atoms with van der Waals surface area (Å²) >= 11 is 0. The van der Waals surface area contributed by atoms with Crippen LogP contribution in [0.15, 0.2) is 79.0 Å². The Hall–Kier alpha value is -4.10. The first-order chi connectivity index (χ1) is 16.1. The zero-order chi connectivity index (χ0) is 22.8. The van der Waals surface area contributed by atoms with E-state index < -0.39 is 0 Å². The van der Waals surface area contributed by atoms with Crippen LogP contribution in [0, 0.1) is 0 Å². The van der Waals surface area contributed by atoms with Crippen molar-refractivity contribution in [1.29, 1.82) is 0 Å². The molecule has 0 unspecified atom stereocenters. The smallest absolute Gasteiger partial charge is 0.414 e. The third-order valence-corrected chi connectivity index (χ3v) is 5.87. The molecule has 1 aliphatic rings. The van der Waals surface area contributed by atoms with Gasteiger partial charge in [0, 0.05) is 36.1 Å². The maximum atomic E-state index is 12.5. The third kappa shape index (κ3) is 4.31. The van der Waals surface area contributed by atoms with Gasteiger partial charge in [0.25, 0.3) is 5.91 Å². The number of aromatic nitrogens is 1. The molecular weight excluding hydrogens is 416 g/mol. The number of amides is 2. The number of nitrogens with two attached hydrogens (primary N) is 1. The molecule has 4 N–H and O–H groups in total. The molecule has 5 rings (SSSR count). The van der Waals surface area contributed by atoms with Crippen molar-refractivity contribution < 1.29 is 14.3 Å². The van der Waals surface area contributed by atoms with Crippen molar-refractivity contribution in [3.63, 3.8) is 0 Å². The highest BCUT2D eigenvalue weighted by Gasteiger charge is 2.31. The largest absolute Gasteiger partial charge is 0.443 e. The van der Waals surface area contributed by atoms with Gasteiger partial charge in [-0.15, -0.1) is 0 Å². The molecule has 2 amide bonds. The fraction of sp³-hybridized carbons (Fsp3) is 0.154. The molecule has 0 aliphatic carbocycles. The number of carbonyl (C=O) groups is 2. The van der Waals surface area contributed by atoms with E-state index in [2.05, 4.69) is 10.3 Å². The second-order valence-corrected chi connectivity index (χ2v) is 8.06. The Morgan fingerprint density at radius 1 is 1.03 bits per heavy atom. The molecule has 3 aromatic carbocycles. The lowest BCUT2D eigenvalue weighted by atomic mass is 10.0. The number of anilines is 1. The summed E-state index contributed by atoms with van der Waals surface area (Å²) in [4.78, 5) is 29.2. The third-order valence-electron chi connectivity index (χ3n) is 5.87. The predicted molar refractivity (Wildman–Crippen MR) is 128 cm³/mol. The number of hydrogen-bond donors (Lipinski definition) is 3. The number of rotatable bonds is 6. The first-order valence-corrected chi connectivity index (χ1v) is 10.8. The van der Waals surface area contributed by atoms with E-state index in [0.717, 1.165) is 33.3 Å². The van der Waals surface area contributed by atoms with Crippen molar-refractivity contribution in [1.82, 2.24) is 10.3 Å². The van der Waals surface area contributed by atoms with Crippen molar-refractivity contribution in [2.45, 2.75) is 12.6 Å². The van der Waals surface area contributed by atoms with Crippen LogP contribution in [-0.2, 0) is 11.3 Å². The van der Waals surface area contributed by atoms with Crippen LogP contribution in [0.5, 0.6) is 0 Å². The maximum absolute atomic E-state index is 12.5. The molecule has 33 heavy (non-hydrogen) atoms. The van der Waals surface area contributed by atoms with Crippen LogP contribution in [0.2, 0.25) is 0 Å². The van der Waals surface area contributed by atoms with E-state index in [0.29, 0.717) is 25.2 Å². The highest BCUT2D eigenvalue weighted by Crippen LogP contribution is 2.26. The molecule has 7 nitrogen and oxygen atoms in total. The summed E-state index contributed by atoms with van der Waals surface area (Å²) < 4.78 is 5.22. The van der Waals surface area contributed by atoms with Crippen LogP contribution in [-0.4, -0.2) is 36.2 Å². The summed E-state index contributed by atoms with van der Waals surface area (Å²) in [5.41, 5.74) is 11.1. The number of ether oxygens (including phenoxy) is 1. The molecule has 1 aromatic heterocycles. The number of carbonyl (C=O) groups excluding carboxylic acids is 2. The molecule has 4 aromatic rings. The number of fused-ring (bicyclic) bond motifs is 1. The Kier molecular flexibility index (Phi) is 5.54. The monoisotopic (exact) mass is 440 g/mol. The summed E-state index contributed by atoms with van der Waals surface area (Å²) in [6, 6.07) is 23.4. The molecule has 0 bridgehead atoms. The zero-order valence-corrected chi connectivity index (χ0v) is 18.0. The van der Waals surface area contributed by atoms with Crippen LogP contribution in [0.3, 0.4) is 0 Å². The lowest BCUT2D eigenvalue weighted by molar-refractivity contribution is 0.0951. The van der Waals surface area contributed by atoms with Gasteiger partial charge in [-0.05, 0) is 52.4 Å². The predicted octanol–water partition coefficient (Wildman–Crippen LogP) is 4.05. The van der Waals surface area contributed by atoms with Crippen molar-refractivity contribution in [3.8, 4) is 11.1 Å². The summed E-state index contributed by atoms with van der Waals surface area (Å²) in [6.07, 6.45) is 1.23. The standard InChI is InChI=1S/C26H24N4O3/c27-14-23-16-30(26(32)33-23)22-9-7-19(8-10-22)18-3-1-17(2-4-18)15-29-25(31)21-6-5-20-11-12-28-24(20)13-21/h1-13,23,28H,14-16,27H2,(H,29,31)/t23-/m0/s1. The Morgan fingerprint density at radius 3 is 2.45 bits per heavy atom. The molecule has 0 spiro atoms. The number of H-pyrrole nitrogens is 1. The molecular formula is C26H24N4O3. The minimum atomic E-state index is -0.364. The Morgan fingerprint density at radius 2 is 1.76 bits per heavy atom. The average Bonchev–Trinajstić information content (AvgIpc) is 3.48. The fourth-order valence-corrected chi connectivity index (χ4v) is 3.98. The minimum Gasteiger partial charge on any atom is -0.443 e. The molecule has 166 valence electrons. The van der Waals surface area contributed by atoms with E-state index >= 15 is 0 Å². The van der Waals surface area contributed by atoms with Crippen LogP contribution in [0.4, 0.5) is 10.5 Å². The van der Waals surface area contributed by atoms with Gasteiger partial charge in [0.1, 0.15) is 6.10 Å². The Balaban J connectivity index is 1.21. The Bertz CT molecular complexity index is 1300. The molecule has 2 heterocycles. The lowest BCUT2D eigenvalue weighted by Crippen LogP contribution is -2.27. The van der Waals surface area contributed by atoms with Crippen LogP contribution in [0.25, 0.3) is 22.0 Å². The number of benzene rings is 3. The van der Waals surface area contributed by atoms with E-state index in [1.807, 2.05) is 79.0 Å². The number of nitrogens with one attached hydrogen (secondary N) is 2. The van der Waals surface area contributed by atoms with E-state index in [-0.39, 0.29) is 18.1 Å². The fourth-order valence-electron chi connectivity index (χ4n) is 3.98. The molecule has 1 saturated heterocycles. The lowest BCUT2D eigenvalue weighted by Gasteiger charge is -2.13. The second-order valence-electron chi connectivity index (χ2n) is 8.06. The minimum absolute atomic E-state index is 0.108. The van der Waals surface area contributed by atoms with Gasteiger partial charge in [0.2, 0.25) is 0 Å². The van der Waals surface area contributed by atoms with E-state index in [1.54, 1.807) is 4.90 Å². The van der Waals surface area contributed by atoms with Gasteiger partial charge in [0.15, 0.2) is 0 Å². The summed E-state index contributed by atoms with van der Waals surface area (Å²) in [6.45, 7) is 1.23. The average molecular weight is 441 g/mol. The number of aromatic amines is 1. The quantitative estimate of drug-likeness (QED) is 0.421. The van der Waals surface area contributed by atoms with E-state index in [1.165, 1.54) is 0 Å². The number of nitrogens with zero attached hydrogens (tertiary/aromatic N) is 1. The number of hydrogen-bond acceptors (Lipinski definition) is 4. The molecule has 1 aliphatic heterocycles. The first-order valence-electron chi connectivity index (χ1n) is 10.8. The molecule has 7 heteroatoms. The van der Waals surface area contributed by atoms with Crippen LogP contribution >= 0.6 is 0 Å². The van der Waals surface area contributed by atoms with Gasteiger partial charge in [0.05, 0.1) is 6.54 Å². The SMILES string of the molecule is NC[C@H]1CN(c2ccc(-c3ccc(CNC(=O)c4ccc5cc[nH]c5c4)cc3)cc2)C(=O)O1. The van der Waals surface area contributed by atoms with E-state index in [9.17, 15) is 9.59 Å². The second kappa shape index (κ2) is 8.80. The summed E-state index contributed by atoms with van der Waals surface area (Å²) in [5, 5.41) is 4.05. The van der Waals surface area contributed by atoms with Crippen molar-refractivity contribution in [2.75, 3.05) is 18.0 Å². The van der Waals surface area contributed by atoms with Gasteiger partial charge < -0.3 is 20.8 Å². The van der Waals surface area contributed by atoms with Gasteiger partial charge in [-0.2, -0.15) is 0 Å². The van der Waals surface area contributed by atoms with Gasteiger partial charge >= 0.3 is 6.09 Å². The number of cyclic esters (lactones) is 1. The van der Waals surface area contributed by atoms with Gasteiger partial charge in [-0.3, -0.25) is 9.69 Å². The summed E-state index contributed by atoms with van der Waals surface area (Å²) in [7, 11) is 0. The van der Waals surface area contributed by atoms with Gasteiger partial charge in [-0.25, -0.2) is 4.79 Å². The molecule has 0 radical (unpaired) electrons. The van der Waals surface area contributed by atoms with Crippen LogP contribution < -0.4 is 16.0 Å². The molecule has 1 atom stereocenters.